The third kappa shape index (κ3) is 5.77. The minimum Gasteiger partial charge on any atom is -0.496 e. The van der Waals surface area contributed by atoms with Crippen LogP contribution in [-0.4, -0.2) is 102 Å². The molecular formula is C32H37FN8O3. The topological polar surface area (TPSA) is 112 Å². The fraction of sp³-hybridized carbons (Fsp3) is 0.375. The van der Waals surface area contributed by atoms with Gasteiger partial charge in [-0.05, 0) is 41.8 Å². The SMILES string of the molecule is COc1cc(N2CCNCC2)ccc1-c1cc(C2=CCCN(C(=O)CCn3ccnn3)C2)c(F)c2[nH]c(C(=O)N(C)C)cc12. The van der Waals surface area contributed by atoms with E-state index in [4.69, 9.17) is 4.74 Å². The molecule has 2 aliphatic heterocycles. The number of carbonyl (C=O) groups excluding carboxylic acids is 2. The van der Waals surface area contributed by atoms with Crippen LogP contribution in [0.3, 0.4) is 0 Å². The summed E-state index contributed by atoms with van der Waals surface area (Å²) in [6.45, 7) is 4.87. The molecule has 6 rings (SSSR count). The van der Waals surface area contributed by atoms with Crippen molar-refractivity contribution in [2.75, 3.05) is 65.4 Å². The van der Waals surface area contributed by atoms with Crippen molar-refractivity contribution in [3.63, 3.8) is 0 Å². The molecule has 2 aromatic carbocycles. The number of nitrogens with zero attached hydrogens (tertiary/aromatic N) is 6. The molecule has 2 N–H and O–H groups in total. The van der Waals surface area contributed by atoms with Gasteiger partial charge in [-0.25, -0.2) is 4.39 Å². The number of hydrogen-bond donors (Lipinski definition) is 2. The number of hydrogen-bond acceptors (Lipinski definition) is 7. The average Bonchev–Trinajstić information content (AvgIpc) is 3.75. The standard InChI is InChI=1S/C32H37FN8O3/c1-38(2)32(43)27-19-26-25(23-7-6-22(17-28(23)44-3)39-14-9-34-10-15-39)18-24(30(33)31(26)36-27)21-5-4-12-40(20-21)29(42)8-13-41-16-11-35-37-41/h5-7,11,16-19,34,36H,4,8-10,12-15,20H2,1-3H3. The number of nitrogens with one attached hydrogen (secondary N) is 2. The zero-order valence-corrected chi connectivity index (χ0v) is 25.3. The number of ether oxygens (including phenoxy) is 1. The van der Waals surface area contributed by atoms with Gasteiger partial charge in [-0.3, -0.25) is 14.3 Å². The van der Waals surface area contributed by atoms with Crippen molar-refractivity contribution in [3.05, 3.63) is 65.9 Å². The van der Waals surface area contributed by atoms with Gasteiger partial charge in [0.2, 0.25) is 5.91 Å². The molecule has 230 valence electrons. The number of piperazine rings is 1. The summed E-state index contributed by atoms with van der Waals surface area (Å²) in [5.41, 5.74) is 4.23. The van der Waals surface area contributed by atoms with Crippen LogP contribution in [0.15, 0.2) is 48.8 Å². The quantitative estimate of drug-likeness (QED) is 0.319. The molecule has 2 aliphatic rings. The highest BCUT2D eigenvalue weighted by Crippen LogP contribution is 2.41. The Morgan fingerprint density at radius 3 is 2.61 bits per heavy atom. The van der Waals surface area contributed by atoms with Gasteiger partial charge in [0.25, 0.3) is 5.91 Å². The lowest BCUT2D eigenvalue weighted by Gasteiger charge is -2.30. The third-order valence-corrected chi connectivity index (χ3v) is 8.32. The molecule has 44 heavy (non-hydrogen) atoms. The maximum Gasteiger partial charge on any atom is 0.269 e. The molecule has 4 aromatic rings. The molecule has 2 aromatic heterocycles. The lowest BCUT2D eigenvalue weighted by molar-refractivity contribution is -0.131. The average molecular weight is 601 g/mol. The molecule has 2 amide bonds. The van der Waals surface area contributed by atoms with E-state index in [0.29, 0.717) is 41.9 Å². The fourth-order valence-corrected chi connectivity index (χ4v) is 5.97. The van der Waals surface area contributed by atoms with Gasteiger partial charge < -0.3 is 29.7 Å². The van der Waals surface area contributed by atoms with Gasteiger partial charge in [0.1, 0.15) is 11.4 Å². The van der Waals surface area contributed by atoms with E-state index < -0.39 is 5.82 Å². The van der Waals surface area contributed by atoms with Crippen LogP contribution >= 0.6 is 0 Å². The minimum atomic E-state index is -0.457. The number of amides is 2. The molecule has 0 spiro atoms. The van der Waals surface area contributed by atoms with Gasteiger partial charge in [-0.1, -0.05) is 11.3 Å². The first kappa shape index (κ1) is 29.4. The summed E-state index contributed by atoms with van der Waals surface area (Å²) < 4.78 is 23.9. The number of aromatic amines is 1. The number of benzene rings is 2. The van der Waals surface area contributed by atoms with Crippen LogP contribution in [-0.2, 0) is 11.3 Å². The van der Waals surface area contributed by atoms with Crippen molar-refractivity contribution in [1.29, 1.82) is 0 Å². The first-order chi connectivity index (χ1) is 21.3. The Balaban J connectivity index is 1.40. The predicted octanol–water partition coefficient (Wildman–Crippen LogP) is 3.39. The number of H-pyrrole nitrogens is 1. The van der Waals surface area contributed by atoms with Gasteiger partial charge in [0.05, 0.1) is 25.4 Å². The molecule has 12 heteroatoms. The van der Waals surface area contributed by atoms with E-state index in [-0.39, 0.29) is 30.3 Å². The Morgan fingerprint density at radius 2 is 1.89 bits per heavy atom. The second kappa shape index (κ2) is 12.5. The van der Waals surface area contributed by atoms with E-state index in [0.717, 1.165) is 48.6 Å². The molecule has 1 fully saturated rings. The number of fused-ring (bicyclic) bond motifs is 1. The van der Waals surface area contributed by atoms with E-state index in [1.54, 1.807) is 49.2 Å². The molecule has 0 bridgehead atoms. The van der Waals surface area contributed by atoms with E-state index >= 15 is 4.39 Å². The molecule has 4 heterocycles. The van der Waals surface area contributed by atoms with E-state index in [2.05, 4.69) is 31.6 Å². The lowest BCUT2D eigenvalue weighted by Crippen LogP contribution is -2.43. The van der Waals surface area contributed by atoms with Gasteiger partial charge in [-0.15, -0.1) is 5.10 Å². The monoisotopic (exact) mass is 600 g/mol. The fourth-order valence-electron chi connectivity index (χ4n) is 5.97. The first-order valence-electron chi connectivity index (χ1n) is 14.9. The molecule has 0 aliphatic carbocycles. The molecule has 0 radical (unpaired) electrons. The maximum atomic E-state index is 16.4. The molecular weight excluding hydrogens is 563 g/mol. The Kier molecular flexibility index (Phi) is 8.34. The highest BCUT2D eigenvalue weighted by molar-refractivity contribution is 6.05. The Morgan fingerprint density at radius 1 is 1.07 bits per heavy atom. The van der Waals surface area contributed by atoms with Crippen molar-refractivity contribution >= 4 is 34.0 Å². The van der Waals surface area contributed by atoms with Gasteiger partial charge >= 0.3 is 0 Å². The van der Waals surface area contributed by atoms with Crippen molar-refractivity contribution in [3.8, 4) is 16.9 Å². The van der Waals surface area contributed by atoms with Crippen LogP contribution < -0.4 is 15.0 Å². The van der Waals surface area contributed by atoms with E-state index in [9.17, 15) is 9.59 Å². The number of methoxy groups -OCH3 is 1. The van der Waals surface area contributed by atoms with Crippen LogP contribution in [0.2, 0.25) is 0 Å². The van der Waals surface area contributed by atoms with Crippen LogP contribution in [0.25, 0.3) is 27.6 Å². The summed E-state index contributed by atoms with van der Waals surface area (Å²) in [5, 5.41) is 11.7. The second-order valence-corrected chi connectivity index (χ2v) is 11.3. The second-order valence-electron chi connectivity index (χ2n) is 11.3. The predicted molar refractivity (Wildman–Crippen MR) is 167 cm³/mol. The molecule has 0 saturated carbocycles. The van der Waals surface area contributed by atoms with Crippen LogP contribution in [0, 0.1) is 5.82 Å². The highest BCUT2D eigenvalue weighted by atomic mass is 19.1. The summed E-state index contributed by atoms with van der Waals surface area (Å²) in [4.78, 5) is 34.6. The van der Waals surface area contributed by atoms with Gasteiger partial charge in [0, 0.05) is 94.2 Å². The molecule has 0 atom stereocenters. The Bertz CT molecular complexity index is 1710. The molecule has 0 unspecified atom stereocenters. The first-order valence-corrected chi connectivity index (χ1v) is 14.9. The van der Waals surface area contributed by atoms with Crippen LogP contribution in [0.1, 0.15) is 28.9 Å². The Hall–Kier alpha value is -4.71. The van der Waals surface area contributed by atoms with Crippen molar-refractivity contribution < 1.29 is 18.7 Å². The number of aryl methyl sites for hydroxylation is 1. The number of rotatable bonds is 8. The summed E-state index contributed by atoms with van der Waals surface area (Å²) in [5.74, 6) is -0.0860. The lowest BCUT2D eigenvalue weighted by atomic mass is 9.92. The number of halogens is 1. The van der Waals surface area contributed by atoms with E-state index in [1.165, 1.54) is 4.90 Å². The summed E-state index contributed by atoms with van der Waals surface area (Å²) in [7, 11) is 4.96. The van der Waals surface area contributed by atoms with Gasteiger partial charge in [-0.2, -0.15) is 0 Å². The molecule has 1 saturated heterocycles. The van der Waals surface area contributed by atoms with E-state index in [1.807, 2.05) is 24.3 Å². The normalized spacial score (nSPS) is 15.4. The zero-order valence-electron chi connectivity index (χ0n) is 25.3. The van der Waals surface area contributed by atoms with Crippen molar-refractivity contribution in [1.82, 2.24) is 35.1 Å². The smallest absolute Gasteiger partial charge is 0.269 e. The summed E-state index contributed by atoms with van der Waals surface area (Å²) in [6.07, 6.45) is 6.17. The maximum absolute atomic E-state index is 16.4. The van der Waals surface area contributed by atoms with Crippen molar-refractivity contribution in [2.24, 2.45) is 0 Å². The zero-order chi connectivity index (χ0) is 30.8. The highest BCUT2D eigenvalue weighted by Gasteiger charge is 2.26. The van der Waals surface area contributed by atoms with Crippen molar-refractivity contribution in [2.45, 2.75) is 19.4 Å². The number of aromatic nitrogens is 4. The summed E-state index contributed by atoms with van der Waals surface area (Å²) >= 11 is 0. The molecule has 11 nitrogen and oxygen atoms in total. The number of carbonyl (C=O) groups is 2. The van der Waals surface area contributed by atoms with Gasteiger partial charge in [0.15, 0.2) is 5.82 Å². The number of anilines is 1. The van der Waals surface area contributed by atoms with Crippen LogP contribution in [0.5, 0.6) is 5.75 Å². The van der Waals surface area contributed by atoms with Crippen LogP contribution in [0.4, 0.5) is 10.1 Å². The Labute approximate surface area is 255 Å². The largest absolute Gasteiger partial charge is 0.496 e. The summed E-state index contributed by atoms with van der Waals surface area (Å²) in [6, 6.07) is 9.61. The third-order valence-electron chi connectivity index (χ3n) is 8.32. The minimum absolute atomic E-state index is 0.0308.